The number of H-pyrrole nitrogens is 1. The van der Waals surface area contributed by atoms with E-state index in [4.69, 9.17) is 0 Å². The molecule has 2 N–H and O–H groups in total. The van der Waals surface area contributed by atoms with Crippen LogP contribution >= 0.6 is 11.3 Å². The molecule has 0 saturated carbocycles. The normalized spacial score (nSPS) is 17.6. The molecule has 128 valence electrons. The summed E-state index contributed by atoms with van der Waals surface area (Å²) in [6, 6.07) is 11.3. The molecule has 1 aliphatic rings. The van der Waals surface area contributed by atoms with E-state index in [9.17, 15) is 9.59 Å². The Morgan fingerprint density at radius 3 is 2.92 bits per heavy atom. The van der Waals surface area contributed by atoms with E-state index < -0.39 is 0 Å². The average molecular weight is 354 g/mol. The summed E-state index contributed by atoms with van der Waals surface area (Å²) in [5.74, 6) is 0.151. The zero-order chi connectivity index (χ0) is 17.2. The van der Waals surface area contributed by atoms with Gasteiger partial charge in [0.2, 0.25) is 11.9 Å². The van der Waals surface area contributed by atoms with Crippen molar-refractivity contribution in [3.8, 4) is 0 Å². The molecule has 2 aromatic heterocycles. The zero-order valence-electron chi connectivity index (χ0n) is 13.6. The van der Waals surface area contributed by atoms with Crippen LogP contribution in [0.15, 0.2) is 41.8 Å². The molecule has 25 heavy (non-hydrogen) atoms. The lowest BCUT2D eigenvalue weighted by atomic mass is 9.97. The molecule has 3 aromatic rings. The quantitative estimate of drug-likeness (QED) is 0.758. The number of likely N-dealkylation sites (tertiary alicyclic amines) is 1. The minimum absolute atomic E-state index is 0.0104. The Labute approximate surface area is 148 Å². The van der Waals surface area contributed by atoms with Crippen LogP contribution in [-0.4, -0.2) is 39.8 Å². The maximum absolute atomic E-state index is 12.6. The number of carbonyl (C=O) groups is 2. The van der Waals surface area contributed by atoms with Gasteiger partial charge in [-0.25, -0.2) is 4.98 Å². The van der Waals surface area contributed by atoms with Crippen LogP contribution < -0.4 is 5.32 Å². The fourth-order valence-electron chi connectivity index (χ4n) is 3.16. The highest BCUT2D eigenvalue weighted by molar-refractivity contribution is 7.12. The van der Waals surface area contributed by atoms with Crippen molar-refractivity contribution in [1.29, 1.82) is 0 Å². The van der Waals surface area contributed by atoms with Crippen molar-refractivity contribution in [2.45, 2.75) is 12.8 Å². The van der Waals surface area contributed by atoms with Gasteiger partial charge < -0.3 is 9.88 Å². The van der Waals surface area contributed by atoms with Crippen LogP contribution in [0.5, 0.6) is 0 Å². The molecule has 1 atom stereocenters. The molecule has 1 saturated heterocycles. The summed E-state index contributed by atoms with van der Waals surface area (Å²) in [5, 5.41) is 4.75. The first-order valence-electron chi connectivity index (χ1n) is 8.29. The van der Waals surface area contributed by atoms with E-state index in [1.165, 1.54) is 11.3 Å². The molecule has 0 radical (unpaired) electrons. The van der Waals surface area contributed by atoms with Crippen molar-refractivity contribution in [2.24, 2.45) is 5.92 Å². The highest BCUT2D eigenvalue weighted by atomic mass is 32.1. The molecule has 0 bridgehead atoms. The number of hydrogen-bond acceptors (Lipinski definition) is 4. The van der Waals surface area contributed by atoms with E-state index in [-0.39, 0.29) is 17.7 Å². The number of imidazole rings is 1. The molecule has 4 rings (SSSR count). The number of nitrogens with zero attached hydrogens (tertiary/aromatic N) is 2. The highest BCUT2D eigenvalue weighted by Gasteiger charge is 2.29. The van der Waals surface area contributed by atoms with Gasteiger partial charge in [0, 0.05) is 13.1 Å². The largest absolute Gasteiger partial charge is 0.337 e. The number of para-hydroxylation sites is 2. The van der Waals surface area contributed by atoms with Crippen LogP contribution in [0.25, 0.3) is 11.0 Å². The molecule has 6 nitrogen and oxygen atoms in total. The van der Waals surface area contributed by atoms with Gasteiger partial charge in [0.05, 0.1) is 21.8 Å². The highest BCUT2D eigenvalue weighted by Crippen LogP contribution is 2.22. The first-order chi connectivity index (χ1) is 12.2. The Bertz CT molecular complexity index is 870. The Morgan fingerprint density at radius 2 is 2.12 bits per heavy atom. The first-order valence-corrected chi connectivity index (χ1v) is 9.17. The minimum Gasteiger partial charge on any atom is -0.337 e. The van der Waals surface area contributed by atoms with E-state index in [0.29, 0.717) is 19.0 Å². The van der Waals surface area contributed by atoms with E-state index >= 15 is 0 Å². The third-order valence-electron chi connectivity index (χ3n) is 4.44. The van der Waals surface area contributed by atoms with Crippen molar-refractivity contribution in [3.63, 3.8) is 0 Å². The number of nitrogens with one attached hydrogen (secondary N) is 2. The van der Waals surface area contributed by atoms with Crippen LogP contribution in [0.1, 0.15) is 22.5 Å². The van der Waals surface area contributed by atoms with Crippen LogP contribution in [0.3, 0.4) is 0 Å². The van der Waals surface area contributed by atoms with E-state index in [1.54, 1.807) is 4.90 Å². The number of rotatable bonds is 3. The molecule has 0 aliphatic carbocycles. The number of benzene rings is 1. The lowest BCUT2D eigenvalue weighted by Crippen LogP contribution is -2.43. The number of aromatic nitrogens is 2. The molecule has 1 aromatic carbocycles. The van der Waals surface area contributed by atoms with Crippen LogP contribution in [0, 0.1) is 5.92 Å². The fraction of sp³-hybridized carbons (Fsp3) is 0.278. The van der Waals surface area contributed by atoms with Gasteiger partial charge in [-0.1, -0.05) is 18.2 Å². The van der Waals surface area contributed by atoms with Crippen LogP contribution in [-0.2, 0) is 4.79 Å². The predicted octanol–water partition coefficient (Wildman–Crippen LogP) is 3.12. The van der Waals surface area contributed by atoms with Crippen molar-refractivity contribution in [1.82, 2.24) is 14.9 Å². The number of anilines is 1. The number of carbonyl (C=O) groups excluding carboxylic acids is 2. The zero-order valence-corrected chi connectivity index (χ0v) is 14.4. The number of piperidine rings is 1. The van der Waals surface area contributed by atoms with Crippen molar-refractivity contribution in [2.75, 3.05) is 18.4 Å². The second-order valence-corrected chi connectivity index (χ2v) is 7.11. The van der Waals surface area contributed by atoms with Crippen molar-refractivity contribution in [3.05, 3.63) is 46.7 Å². The van der Waals surface area contributed by atoms with E-state index in [0.717, 1.165) is 28.8 Å². The summed E-state index contributed by atoms with van der Waals surface area (Å²) < 4.78 is 0. The molecular weight excluding hydrogens is 336 g/mol. The standard InChI is InChI=1S/C18H18N4O2S/c23-16(21-18-19-13-6-1-2-7-14(13)20-18)12-5-3-9-22(11-12)17(24)15-8-4-10-25-15/h1-2,4,6-8,10,12H,3,5,9,11H2,(H2,19,20,21,23)/t12-/m1/s1. The SMILES string of the molecule is O=C(Nc1nc2ccccc2[nH]1)[C@@H]1CCCN(C(=O)c2cccs2)C1. The molecule has 1 fully saturated rings. The van der Waals surface area contributed by atoms with Gasteiger partial charge in [-0.05, 0) is 36.4 Å². The number of hydrogen-bond donors (Lipinski definition) is 2. The summed E-state index contributed by atoms with van der Waals surface area (Å²) in [7, 11) is 0. The van der Waals surface area contributed by atoms with Gasteiger partial charge in [-0.3, -0.25) is 14.9 Å². The second kappa shape index (κ2) is 6.68. The third-order valence-corrected chi connectivity index (χ3v) is 5.30. The summed E-state index contributed by atoms with van der Waals surface area (Å²) in [6.07, 6.45) is 1.61. The van der Waals surface area contributed by atoms with Gasteiger partial charge in [-0.2, -0.15) is 0 Å². The molecule has 1 aliphatic heterocycles. The summed E-state index contributed by atoms with van der Waals surface area (Å²) in [4.78, 5) is 35.1. The fourth-order valence-corrected chi connectivity index (χ4v) is 3.85. The molecule has 0 spiro atoms. The smallest absolute Gasteiger partial charge is 0.263 e. The maximum atomic E-state index is 12.6. The average Bonchev–Trinajstić information content (AvgIpc) is 3.30. The predicted molar refractivity (Wildman–Crippen MR) is 97.7 cm³/mol. The topological polar surface area (TPSA) is 78.1 Å². The molecule has 7 heteroatoms. The van der Waals surface area contributed by atoms with Gasteiger partial charge >= 0.3 is 0 Å². The summed E-state index contributed by atoms with van der Waals surface area (Å²) in [5.41, 5.74) is 1.70. The summed E-state index contributed by atoms with van der Waals surface area (Å²) in [6.45, 7) is 1.15. The Morgan fingerprint density at radius 1 is 1.24 bits per heavy atom. The lowest BCUT2D eigenvalue weighted by Gasteiger charge is -2.31. The molecular formula is C18H18N4O2S. The van der Waals surface area contributed by atoms with Crippen LogP contribution in [0.4, 0.5) is 5.95 Å². The Hall–Kier alpha value is -2.67. The third kappa shape index (κ3) is 3.28. The Kier molecular flexibility index (Phi) is 4.23. The maximum Gasteiger partial charge on any atom is 0.263 e. The molecule has 2 amide bonds. The van der Waals surface area contributed by atoms with Gasteiger partial charge in [-0.15, -0.1) is 11.3 Å². The number of thiophene rings is 1. The van der Waals surface area contributed by atoms with Crippen molar-refractivity contribution >= 4 is 40.1 Å². The summed E-state index contributed by atoms with van der Waals surface area (Å²) >= 11 is 1.43. The van der Waals surface area contributed by atoms with E-state index in [2.05, 4.69) is 15.3 Å². The minimum atomic E-state index is -0.217. The van der Waals surface area contributed by atoms with Gasteiger partial charge in [0.15, 0.2) is 0 Å². The van der Waals surface area contributed by atoms with Gasteiger partial charge in [0.1, 0.15) is 0 Å². The number of amides is 2. The van der Waals surface area contributed by atoms with E-state index in [1.807, 2.05) is 41.8 Å². The monoisotopic (exact) mass is 354 g/mol. The van der Waals surface area contributed by atoms with Gasteiger partial charge in [0.25, 0.3) is 5.91 Å². The van der Waals surface area contributed by atoms with Crippen molar-refractivity contribution < 1.29 is 9.59 Å². The lowest BCUT2D eigenvalue weighted by molar-refractivity contribution is -0.121. The Balaban J connectivity index is 1.43. The number of aromatic amines is 1. The molecule has 0 unspecified atom stereocenters. The first kappa shape index (κ1) is 15.8. The van der Waals surface area contributed by atoms with Crippen LogP contribution in [0.2, 0.25) is 0 Å². The molecule has 3 heterocycles. The number of fused-ring (bicyclic) bond motifs is 1. The second-order valence-electron chi connectivity index (χ2n) is 6.16.